The summed E-state index contributed by atoms with van der Waals surface area (Å²) in [7, 11) is 1.45. The largest absolute Gasteiger partial charge is 0.504 e. The molecule has 1 heterocycles. The Hall–Kier alpha value is -3.05. The van der Waals surface area contributed by atoms with Gasteiger partial charge in [0, 0.05) is 16.1 Å². The Kier molecular flexibility index (Phi) is 5.09. The van der Waals surface area contributed by atoms with Crippen LogP contribution in [0.25, 0.3) is 17.3 Å². The zero-order chi connectivity index (χ0) is 18.7. The highest BCUT2D eigenvalue weighted by molar-refractivity contribution is 6.31. The number of allylic oxidation sites excluding steroid dienone is 1. The maximum Gasteiger partial charge on any atom is 0.186 e. The van der Waals surface area contributed by atoms with E-state index in [1.807, 2.05) is 31.2 Å². The van der Waals surface area contributed by atoms with Gasteiger partial charge >= 0.3 is 0 Å². The van der Waals surface area contributed by atoms with Crippen LogP contribution in [0.2, 0.25) is 5.02 Å². The van der Waals surface area contributed by atoms with E-state index in [0.717, 1.165) is 16.8 Å². The van der Waals surface area contributed by atoms with Crippen LogP contribution in [-0.4, -0.2) is 28.2 Å². The lowest BCUT2D eigenvalue weighted by atomic mass is 10.1. The van der Waals surface area contributed by atoms with Crippen molar-refractivity contribution in [1.29, 1.82) is 0 Å². The van der Waals surface area contributed by atoms with Crippen molar-refractivity contribution in [2.45, 2.75) is 6.92 Å². The summed E-state index contributed by atoms with van der Waals surface area (Å²) in [6.45, 7) is 1.94. The number of hydrogen-bond acceptors (Lipinski definition) is 4. The van der Waals surface area contributed by atoms with Gasteiger partial charge in [0.25, 0.3) is 0 Å². The van der Waals surface area contributed by atoms with E-state index in [1.54, 1.807) is 18.2 Å². The molecule has 5 nitrogen and oxygen atoms in total. The zero-order valence-electron chi connectivity index (χ0n) is 14.3. The van der Waals surface area contributed by atoms with E-state index in [9.17, 15) is 9.90 Å². The molecular formula is C20H17ClN2O3. The second-order valence-electron chi connectivity index (χ2n) is 5.76. The molecule has 6 heteroatoms. The van der Waals surface area contributed by atoms with Crippen LogP contribution >= 0.6 is 11.6 Å². The number of carbonyl (C=O) groups excluding carboxylic acids is 1. The number of carbonyl (C=O) groups is 1. The Labute approximate surface area is 155 Å². The summed E-state index contributed by atoms with van der Waals surface area (Å²) in [6, 6.07) is 12.1. The molecule has 0 bridgehead atoms. The molecule has 0 saturated carbocycles. The van der Waals surface area contributed by atoms with Gasteiger partial charge in [0.1, 0.15) is 0 Å². The van der Waals surface area contributed by atoms with Crippen molar-refractivity contribution in [3.63, 3.8) is 0 Å². The molecule has 2 N–H and O–H groups in total. The van der Waals surface area contributed by atoms with Gasteiger partial charge in [0.15, 0.2) is 17.3 Å². The third-order valence-corrected chi connectivity index (χ3v) is 4.35. The first-order chi connectivity index (χ1) is 12.5. The number of methoxy groups -OCH3 is 1. The first kappa shape index (κ1) is 17.8. The molecule has 0 atom stereocenters. The number of aromatic nitrogens is 2. The highest BCUT2D eigenvalue weighted by Gasteiger charge is 2.08. The molecule has 2 aromatic carbocycles. The van der Waals surface area contributed by atoms with Crippen molar-refractivity contribution in [3.05, 3.63) is 70.4 Å². The van der Waals surface area contributed by atoms with Gasteiger partial charge in [0.05, 0.1) is 18.5 Å². The van der Waals surface area contributed by atoms with E-state index in [-0.39, 0.29) is 11.5 Å². The third kappa shape index (κ3) is 3.78. The fourth-order valence-electron chi connectivity index (χ4n) is 2.43. The molecule has 26 heavy (non-hydrogen) atoms. The fraction of sp³-hybridized carbons (Fsp3) is 0.100. The number of aryl methyl sites for hydroxylation is 1. The molecule has 0 amide bonds. The van der Waals surface area contributed by atoms with Crippen LogP contribution in [0.1, 0.15) is 21.6 Å². The van der Waals surface area contributed by atoms with Gasteiger partial charge in [-0.15, -0.1) is 0 Å². The normalized spacial score (nSPS) is 11.0. The second-order valence-corrected chi connectivity index (χ2v) is 6.16. The van der Waals surface area contributed by atoms with Crippen LogP contribution in [0, 0.1) is 6.92 Å². The van der Waals surface area contributed by atoms with E-state index in [0.29, 0.717) is 22.0 Å². The topological polar surface area (TPSA) is 75.2 Å². The lowest BCUT2D eigenvalue weighted by molar-refractivity contribution is 0.104. The van der Waals surface area contributed by atoms with Gasteiger partial charge in [-0.1, -0.05) is 23.7 Å². The van der Waals surface area contributed by atoms with Crippen molar-refractivity contribution in [3.8, 4) is 22.8 Å². The first-order valence-electron chi connectivity index (χ1n) is 7.89. The molecule has 0 aliphatic carbocycles. The lowest BCUT2D eigenvalue weighted by Crippen LogP contribution is -1.94. The van der Waals surface area contributed by atoms with E-state index in [4.69, 9.17) is 16.3 Å². The zero-order valence-corrected chi connectivity index (χ0v) is 15.0. The number of halogens is 1. The van der Waals surface area contributed by atoms with Crippen molar-refractivity contribution in [2.24, 2.45) is 0 Å². The number of nitrogens with zero attached hydrogens (tertiary/aromatic N) is 1. The molecule has 3 aromatic rings. The highest BCUT2D eigenvalue weighted by Crippen LogP contribution is 2.27. The van der Waals surface area contributed by atoms with Crippen LogP contribution in [0.15, 0.2) is 48.5 Å². The van der Waals surface area contributed by atoms with E-state index in [1.165, 1.54) is 19.3 Å². The summed E-state index contributed by atoms with van der Waals surface area (Å²) in [5.74, 6) is 0.00445. The molecular weight excluding hydrogens is 352 g/mol. The minimum atomic E-state index is -0.238. The van der Waals surface area contributed by atoms with Crippen molar-refractivity contribution < 1.29 is 14.6 Å². The monoisotopic (exact) mass is 368 g/mol. The number of ether oxygens (including phenoxy) is 1. The average molecular weight is 369 g/mol. The summed E-state index contributed by atoms with van der Waals surface area (Å²) in [4.78, 5) is 12.2. The number of H-pyrrole nitrogens is 1. The molecule has 0 spiro atoms. The van der Waals surface area contributed by atoms with E-state index in [2.05, 4.69) is 10.2 Å². The van der Waals surface area contributed by atoms with E-state index < -0.39 is 0 Å². The molecule has 0 unspecified atom stereocenters. The number of rotatable bonds is 5. The standard InChI is InChI=1S/C20H17ClN2O3/c1-12-3-4-13(9-16(12)21)17-11-15(22-23-17)6-7-18(24)14-5-8-20(26-2)19(25)10-14/h3-11,25H,1-2H3,(H,22,23)/b7-6+. The predicted octanol–water partition coefficient (Wildman–Crippen LogP) is 4.65. The van der Waals surface area contributed by atoms with Gasteiger partial charge < -0.3 is 9.84 Å². The SMILES string of the molecule is COc1ccc(C(=O)/C=C/c2cc(-c3ccc(C)c(Cl)c3)n[nH]2)cc1O. The van der Waals surface area contributed by atoms with Crippen LogP contribution in [0.5, 0.6) is 11.5 Å². The van der Waals surface area contributed by atoms with Crippen molar-refractivity contribution in [1.82, 2.24) is 10.2 Å². The Morgan fingerprint density at radius 1 is 1.23 bits per heavy atom. The molecule has 132 valence electrons. The van der Waals surface area contributed by atoms with Crippen molar-refractivity contribution >= 4 is 23.5 Å². The van der Waals surface area contributed by atoms with Gasteiger partial charge in [-0.2, -0.15) is 5.10 Å². The first-order valence-corrected chi connectivity index (χ1v) is 8.27. The second kappa shape index (κ2) is 7.45. The maximum absolute atomic E-state index is 12.2. The number of benzene rings is 2. The Bertz CT molecular complexity index is 992. The minimum Gasteiger partial charge on any atom is -0.504 e. The molecule has 0 fully saturated rings. The van der Waals surface area contributed by atoms with Crippen LogP contribution < -0.4 is 4.74 Å². The smallest absolute Gasteiger partial charge is 0.186 e. The number of hydrogen-bond donors (Lipinski definition) is 2. The number of aromatic amines is 1. The number of aromatic hydroxyl groups is 1. The Balaban J connectivity index is 1.76. The Morgan fingerprint density at radius 2 is 2.04 bits per heavy atom. The van der Waals surface area contributed by atoms with Crippen LogP contribution in [0.3, 0.4) is 0 Å². The summed E-state index contributed by atoms with van der Waals surface area (Å²) in [5.41, 5.74) is 3.68. The maximum atomic E-state index is 12.2. The summed E-state index contributed by atoms with van der Waals surface area (Å²) in [6.07, 6.45) is 3.05. The number of phenolic OH excluding ortho intramolecular Hbond substituents is 1. The molecule has 0 radical (unpaired) electrons. The van der Waals surface area contributed by atoms with Gasteiger partial charge in [-0.05, 0) is 55.0 Å². The fourth-order valence-corrected chi connectivity index (χ4v) is 2.61. The third-order valence-electron chi connectivity index (χ3n) is 3.94. The van der Waals surface area contributed by atoms with Crippen LogP contribution in [0.4, 0.5) is 0 Å². The Morgan fingerprint density at radius 3 is 2.73 bits per heavy atom. The van der Waals surface area contributed by atoms with Crippen LogP contribution in [-0.2, 0) is 0 Å². The molecule has 0 aliphatic rings. The summed E-state index contributed by atoms with van der Waals surface area (Å²) in [5, 5.41) is 17.6. The minimum absolute atomic E-state index is 0.0770. The molecule has 0 saturated heterocycles. The molecule has 3 rings (SSSR count). The summed E-state index contributed by atoms with van der Waals surface area (Å²) < 4.78 is 4.97. The van der Waals surface area contributed by atoms with Gasteiger partial charge in [0.2, 0.25) is 0 Å². The lowest BCUT2D eigenvalue weighted by Gasteiger charge is -2.03. The quantitative estimate of drug-likeness (QED) is 0.507. The molecule has 0 aliphatic heterocycles. The number of ketones is 1. The highest BCUT2D eigenvalue weighted by atomic mass is 35.5. The number of phenols is 1. The average Bonchev–Trinajstić information content (AvgIpc) is 3.11. The summed E-state index contributed by atoms with van der Waals surface area (Å²) >= 11 is 6.15. The van der Waals surface area contributed by atoms with Gasteiger partial charge in [-0.3, -0.25) is 9.89 Å². The van der Waals surface area contributed by atoms with E-state index >= 15 is 0 Å². The number of nitrogens with one attached hydrogen (secondary N) is 1. The van der Waals surface area contributed by atoms with Crippen molar-refractivity contribution in [2.75, 3.05) is 7.11 Å². The van der Waals surface area contributed by atoms with Gasteiger partial charge in [-0.25, -0.2) is 0 Å². The molecule has 1 aromatic heterocycles. The predicted molar refractivity (Wildman–Crippen MR) is 102 cm³/mol.